The second-order valence-corrected chi connectivity index (χ2v) is 6.81. The van der Waals surface area contributed by atoms with E-state index < -0.39 is 6.09 Å². The van der Waals surface area contributed by atoms with Crippen molar-refractivity contribution in [2.75, 3.05) is 11.4 Å². The van der Waals surface area contributed by atoms with Gasteiger partial charge < -0.3 is 4.74 Å². The summed E-state index contributed by atoms with van der Waals surface area (Å²) in [6, 6.07) is 25.5. The Bertz CT molecular complexity index is 896. The summed E-state index contributed by atoms with van der Waals surface area (Å²) in [5, 5.41) is 0. The van der Waals surface area contributed by atoms with Crippen molar-refractivity contribution in [2.24, 2.45) is 0 Å². The number of amides is 1. The molecule has 0 saturated heterocycles. The number of nitrogens with zero attached hydrogens (tertiary/aromatic N) is 1. The molecule has 0 radical (unpaired) electrons. The summed E-state index contributed by atoms with van der Waals surface area (Å²) in [7, 11) is 0. The summed E-state index contributed by atoms with van der Waals surface area (Å²) in [6.45, 7) is 0.0471. The van der Waals surface area contributed by atoms with Crippen LogP contribution in [0.2, 0.25) is 0 Å². The van der Waals surface area contributed by atoms with Gasteiger partial charge in [0.2, 0.25) is 0 Å². The summed E-state index contributed by atoms with van der Waals surface area (Å²) in [6.07, 6.45) is -0.564. The van der Waals surface area contributed by atoms with Gasteiger partial charge in [-0.25, -0.2) is 4.79 Å². The summed E-state index contributed by atoms with van der Waals surface area (Å²) >= 11 is 3.38. The van der Waals surface area contributed by atoms with Crippen molar-refractivity contribution >= 4 is 33.5 Å². The Morgan fingerprint density at radius 2 is 1.41 bits per heavy atom. The Morgan fingerprint density at radius 3 is 2.04 bits per heavy atom. The third-order valence-electron chi connectivity index (χ3n) is 3.96. The first kappa shape index (κ1) is 18.9. The van der Waals surface area contributed by atoms with Gasteiger partial charge in [0.05, 0.1) is 6.54 Å². The number of ether oxygens (including phenoxy) is 1. The topological polar surface area (TPSA) is 46.6 Å². The van der Waals surface area contributed by atoms with Crippen LogP contribution in [-0.2, 0) is 11.3 Å². The van der Waals surface area contributed by atoms with Crippen LogP contribution in [0, 0.1) is 0 Å². The molecule has 0 unspecified atom stereocenters. The summed E-state index contributed by atoms with van der Waals surface area (Å²) in [5.74, 6) is -0.157. The second-order valence-electron chi connectivity index (χ2n) is 5.89. The van der Waals surface area contributed by atoms with Gasteiger partial charge in [-0.3, -0.25) is 9.69 Å². The molecule has 0 atom stereocenters. The highest BCUT2D eigenvalue weighted by atomic mass is 79.9. The lowest BCUT2D eigenvalue weighted by molar-refractivity contribution is 0.0988. The van der Waals surface area contributed by atoms with Crippen LogP contribution in [0.4, 0.5) is 10.5 Å². The Labute approximate surface area is 166 Å². The first-order valence-corrected chi connectivity index (χ1v) is 9.25. The van der Waals surface area contributed by atoms with E-state index in [1.165, 1.54) is 4.90 Å². The van der Waals surface area contributed by atoms with Crippen molar-refractivity contribution in [2.45, 2.75) is 6.61 Å². The van der Waals surface area contributed by atoms with Crippen LogP contribution in [0.3, 0.4) is 0 Å². The van der Waals surface area contributed by atoms with Crippen molar-refractivity contribution in [3.8, 4) is 0 Å². The number of carbonyl (C=O) groups excluding carboxylic acids is 2. The van der Waals surface area contributed by atoms with Crippen LogP contribution >= 0.6 is 15.9 Å². The molecular weight excluding hydrogens is 406 g/mol. The second kappa shape index (κ2) is 9.14. The molecule has 0 aliphatic rings. The van der Waals surface area contributed by atoms with Crippen molar-refractivity contribution in [1.82, 2.24) is 0 Å². The van der Waals surface area contributed by atoms with Gasteiger partial charge >= 0.3 is 6.09 Å². The molecule has 4 nitrogen and oxygen atoms in total. The zero-order valence-electron chi connectivity index (χ0n) is 14.5. The Morgan fingerprint density at radius 1 is 0.815 bits per heavy atom. The number of carbonyl (C=O) groups is 2. The van der Waals surface area contributed by atoms with Crippen molar-refractivity contribution in [1.29, 1.82) is 0 Å². The minimum Gasteiger partial charge on any atom is -0.444 e. The van der Waals surface area contributed by atoms with Gasteiger partial charge in [0.25, 0.3) is 0 Å². The zero-order chi connectivity index (χ0) is 19.1. The van der Waals surface area contributed by atoms with Crippen LogP contribution in [0.1, 0.15) is 15.9 Å². The van der Waals surface area contributed by atoms with Gasteiger partial charge in [-0.15, -0.1) is 0 Å². The van der Waals surface area contributed by atoms with Gasteiger partial charge in [0.15, 0.2) is 5.78 Å². The lowest BCUT2D eigenvalue weighted by atomic mass is 10.1. The average molecular weight is 424 g/mol. The Balaban J connectivity index is 1.77. The highest BCUT2D eigenvalue weighted by Crippen LogP contribution is 2.20. The van der Waals surface area contributed by atoms with E-state index in [1.807, 2.05) is 48.5 Å². The molecule has 0 bridgehead atoms. The highest BCUT2D eigenvalue weighted by Gasteiger charge is 2.21. The Kier molecular flexibility index (Phi) is 6.39. The smallest absolute Gasteiger partial charge is 0.415 e. The van der Waals surface area contributed by atoms with E-state index in [-0.39, 0.29) is 18.9 Å². The average Bonchev–Trinajstić information content (AvgIpc) is 2.72. The monoisotopic (exact) mass is 423 g/mol. The lowest BCUT2D eigenvalue weighted by Crippen LogP contribution is -2.36. The molecule has 0 aromatic heterocycles. The molecule has 3 aromatic rings. The fourth-order valence-corrected chi connectivity index (χ4v) is 2.80. The van der Waals surface area contributed by atoms with E-state index in [0.29, 0.717) is 11.3 Å². The maximum absolute atomic E-state index is 12.7. The molecule has 0 heterocycles. The van der Waals surface area contributed by atoms with Crippen LogP contribution in [0.15, 0.2) is 89.4 Å². The minimum absolute atomic E-state index is 0.0979. The molecule has 0 saturated carbocycles. The molecule has 0 fully saturated rings. The molecule has 3 aromatic carbocycles. The molecule has 136 valence electrons. The van der Waals surface area contributed by atoms with Gasteiger partial charge in [-0.2, -0.15) is 0 Å². The molecule has 0 aliphatic carbocycles. The van der Waals surface area contributed by atoms with Crippen LogP contribution in [0.25, 0.3) is 0 Å². The number of ketones is 1. The minimum atomic E-state index is -0.564. The van der Waals surface area contributed by atoms with E-state index in [0.717, 1.165) is 10.0 Å². The number of benzene rings is 3. The number of hydrogen-bond donors (Lipinski definition) is 0. The van der Waals surface area contributed by atoms with Crippen LogP contribution in [-0.4, -0.2) is 18.4 Å². The van der Waals surface area contributed by atoms with Crippen molar-refractivity contribution in [3.63, 3.8) is 0 Å². The standard InChI is InChI=1S/C22H18BrNO3/c23-19-11-13-20(14-12-19)24(15-21(25)18-9-5-2-6-10-18)22(26)27-16-17-7-3-1-4-8-17/h1-14H,15-16H2. The predicted molar refractivity (Wildman–Crippen MR) is 109 cm³/mol. The number of Topliss-reactive ketones (excluding diaryl/α,β-unsaturated/α-hetero) is 1. The van der Waals surface area contributed by atoms with Crippen molar-refractivity contribution < 1.29 is 14.3 Å². The quantitative estimate of drug-likeness (QED) is 0.493. The predicted octanol–water partition coefficient (Wildman–Crippen LogP) is 5.48. The molecule has 0 spiro atoms. The largest absolute Gasteiger partial charge is 0.444 e. The van der Waals surface area contributed by atoms with Crippen LogP contribution < -0.4 is 4.90 Å². The van der Waals surface area contributed by atoms with E-state index in [4.69, 9.17) is 4.74 Å². The van der Waals surface area contributed by atoms with Crippen LogP contribution in [0.5, 0.6) is 0 Å². The zero-order valence-corrected chi connectivity index (χ0v) is 16.1. The number of hydrogen-bond acceptors (Lipinski definition) is 3. The third-order valence-corrected chi connectivity index (χ3v) is 4.49. The van der Waals surface area contributed by atoms with Gasteiger partial charge in [0.1, 0.15) is 6.61 Å². The molecule has 1 amide bonds. The highest BCUT2D eigenvalue weighted by molar-refractivity contribution is 9.10. The van der Waals surface area contributed by atoms with Crippen molar-refractivity contribution in [3.05, 3.63) is 101 Å². The first-order valence-electron chi connectivity index (χ1n) is 8.45. The molecular formula is C22H18BrNO3. The molecule has 27 heavy (non-hydrogen) atoms. The summed E-state index contributed by atoms with van der Waals surface area (Å²) in [5.41, 5.74) is 2.03. The lowest BCUT2D eigenvalue weighted by Gasteiger charge is -2.22. The third kappa shape index (κ3) is 5.28. The normalized spacial score (nSPS) is 10.3. The van der Waals surface area contributed by atoms with E-state index >= 15 is 0 Å². The first-order chi connectivity index (χ1) is 13.1. The van der Waals surface area contributed by atoms with E-state index in [9.17, 15) is 9.59 Å². The Hall–Kier alpha value is -2.92. The SMILES string of the molecule is O=C(CN(C(=O)OCc1ccccc1)c1ccc(Br)cc1)c1ccccc1. The van der Waals surface area contributed by atoms with Gasteiger partial charge in [-0.05, 0) is 29.8 Å². The van der Waals surface area contributed by atoms with E-state index in [1.54, 1.807) is 36.4 Å². The van der Waals surface area contributed by atoms with Gasteiger partial charge in [-0.1, -0.05) is 76.6 Å². The maximum atomic E-state index is 12.7. The molecule has 5 heteroatoms. The summed E-state index contributed by atoms with van der Waals surface area (Å²) in [4.78, 5) is 26.7. The fraction of sp³-hybridized carbons (Fsp3) is 0.0909. The molecule has 0 aliphatic heterocycles. The number of halogens is 1. The number of rotatable bonds is 6. The maximum Gasteiger partial charge on any atom is 0.415 e. The molecule has 0 N–H and O–H groups in total. The van der Waals surface area contributed by atoms with E-state index in [2.05, 4.69) is 15.9 Å². The summed E-state index contributed by atoms with van der Waals surface area (Å²) < 4.78 is 6.32. The van der Waals surface area contributed by atoms with Gasteiger partial charge in [0, 0.05) is 15.7 Å². The number of anilines is 1. The fourth-order valence-electron chi connectivity index (χ4n) is 2.54. The molecule has 3 rings (SSSR count).